The highest BCUT2D eigenvalue weighted by atomic mass is 35.5. The van der Waals surface area contributed by atoms with E-state index in [0.29, 0.717) is 35.9 Å². The smallest absolute Gasteiger partial charge is 0.372 e. The number of likely N-dealkylation sites (N-methyl/N-ethyl adjacent to an activating group) is 1. The first-order valence-corrected chi connectivity index (χ1v) is 10.6. The fourth-order valence-corrected chi connectivity index (χ4v) is 4.02. The highest BCUT2D eigenvalue weighted by Gasteiger charge is 2.35. The van der Waals surface area contributed by atoms with Gasteiger partial charge < -0.3 is 25.0 Å². The zero-order valence-corrected chi connectivity index (χ0v) is 19.0. The number of alkyl halides is 3. The van der Waals surface area contributed by atoms with Crippen LogP contribution in [0, 0.1) is 0 Å². The molecule has 3 heterocycles. The molecule has 2 N–H and O–H groups in total. The molecule has 33 heavy (non-hydrogen) atoms. The zero-order valence-electron chi connectivity index (χ0n) is 18.3. The summed E-state index contributed by atoms with van der Waals surface area (Å²) < 4.78 is 41.1. The Hall–Kier alpha value is -3.05. The number of anilines is 3. The molecule has 1 aliphatic rings. The zero-order chi connectivity index (χ0) is 23.9. The molecule has 1 aromatic carbocycles. The van der Waals surface area contributed by atoms with Crippen molar-refractivity contribution in [2.24, 2.45) is 7.05 Å². The number of carbonyl (C=O) groups excluding carboxylic acids is 1. The molecule has 176 valence electrons. The number of hydrogen-bond acceptors (Lipinski definition) is 6. The molecular formula is C21H23ClF3N7O. The molecule has 0 unspecified atom stereocenters. The number of nitrogens with one attached hydrogen (secondary N) is 2. The van der Waals surface area contributed by atoms with Gasteiger partial charge in [-0.25, -0.2) is 4.98 Å². The molecule has 0 radical (unpaired) electrons. The number of fused-ring (bicyclic) bond motifs is 1. The predicted molar refractivity (Wildman–Crippen MR) is 121 cm³/mol. The van der Waals surface area contributed by atoms with Crippen LogP contribution in [-0.2, 0) is 13.2 Å². The van der Waals surface area contributed by atoms with Crippen molar-refractivity contribution < 1.29 is 18.0 Å². The Kier molecular flexibility index (Phi) is 6.10. The lowest BCUT2D eigenvalue weighted by atomic mass is 10.1. The van der Waals surface area contributed by atoms with Crippen LogP contribution in [0.2, 0.25) is 5.02 Å². The predicted octanol–water partition coefficient (Wildman–Crippen LogP) is 3.81. The number of aryl methyl sites for hydroxylation is 1. The molecule has 1 fully saturated rings. The Morgan fingerprint density at radius 1 is 1.15 bits per heavy atom. The number of nitrogens with zero attached hydrogens (tertiary/aromatic N) is 5. The summed E-state index contributed by atoms with van der Waals surface area (Å²) in [5.41, 5.74) is 0.728. The van der Waals surface area contributed by atoms with Gasteiger partial charge in [-0.2, -0.15) is 18.2 Å². The van der Waals surface area contributed by atoms with Crippen LogP contribution in [0.5, 0.6) is 0 Å². The second-order valence-corrected chi connectivity index (χ2v) is 8.33. The Bertz CT molecular complexity index is 1200. The molecule has 4 rings (SSSR count). The molecular weight excluding hydrogens is 459 g/mol. The van der Waals surface area contributed by atoms with Crippen molar-refractivity contribution in [1.82, 2.24) is 24.3 Å². The fourth-order valence-electron chi connectivity index (χ4n) is 3.81. The minimum absolute atomic E-state index is 0.0449. The van der Waals surface area contributed by atoms with Crippen LogP contribution in [0.25, 0.3) is 10.9 Å². The summed E-state index contributed by atoms with van der Waals surface area (Å²) >= 11 is 6.47. The van der Waals surface area contributed by atoms with Crippen molar-refractivity contribution in [3.05, 3.63) is 40.7 Å². The van der Waals surface area contributed by atoms with Crippen molar-refractivity contribution in [3.63, 3.8) is 0 Å². The maximum Gasteiger partial charge on any atom is 0.421 e. The van der Waals surface area contributed by atoms with E-state index in [1.54, 1.807) is 18.3 Å². The number of amides is 1. The minimum atomic E-state index is -4.58. The second-order valence-electron chi connectivity index (χ2n) is 7.93. The van der Waals surface area contributed by atoms with Crippen LogP contribution >= 0.6 is 11.6 Å². The van der Waals surface area contributed by atoms with E-state index in [2.05, 4.69) is 25.5 Å². The Labute approximate surface area is 193 Å². The molecule has 0 spiro atoms. The van der Waals surface area contributed by atoms with Crippen molar-refractivity contribution >= 4 is 45.9 Å². The molecule has 0 aliphatic carbocycles. The molecule has 12 heteroatoms. The SMILES string of the molecule is CNc1nc(Nc2cc3c(cc2Cl)c(C(=O)N2CCN(C)CC2)cn3C)ncc1C(F)(F)F. The van der Waals surface area contributed by atoms with E-state index in [9.17, 15) is 18.0 Å². The first-order valence-electron chi connectivity index (χ1n) is 10.2. The van der Waals surface area contributed by atoms with Crippen molar-refractivity contribution in [1.29, 1.82) is 0 Å². The molecule has 1 aliphatic heterocycles. The molecule has 2 aromatic heterocycles. The number of hydrogen-bond donors (Lipinski definition) is 2. The van der Waals surface area contributed by atoms with Crippen molar-refractivity contribution in [3.8, 4) is 0 Å². The Morgan fingerprint density at radius 2 is 1.85 bits per heavy atom. The van der Waals surface area contributed by atoms with E-state index in [1.165, 1.54) is 7.05 Å². The first kappa shape index (κ1) is 23.1. The van der Waals surface area contributed by atoms with Gasteiger partial charge in [-0.05, 0) is 19.2 Å². The summed E-state index contributed by atoms with van der Waals surface area (Å²) in [6, 6.07) is 3.39. The molecule has 0 atom stereocenters. The number of piperazine rings is 1. The van der Waals surface area contributed by atoms with Gasteiger partial charge >= 0.3 is 6.18 Å². The topological polar surface area (TPSA) is 78.3 Å². The van der Waals surface area contributed by atoms with Crippen molar-refractivity contribution in [2.75, 3.05) is 50.9 Å². The number of aromatic nitrogens is 3. The minimum Gasteiger partial charge on any atom is -0.372 e. The average molecular weight is 482 g/mol. The van der Waals surface area contributed by atoms with Gasteiger partial charge in [0.15, 0.2) is 0 Å². The van der Waals surface area contributed by atoms with Crippen LogP contribution in [0.3, 0.4) is 0 Å². The average Bonchev–Trinajstić information content (AvgIpc) is 3.08. The van der Waals surface area contributed by atoms with E-state index in [1.807, 2.05) is 23.6 Å². The summed E-state index contributed by atoms with van der Waals surface area (Å²) in [4.78, 5) is 24.8. The number of halogens is 4. The summed E-state index contributed by atoms with van der Waals surface area (Å²) in [7, 11) is 5.19. The summed E-state index contributed by atoms with van der Waals surface area (Å²) in [5, 5.41) is 6.30. The molecule has 0 saturated carbocycles. The van der Waals surface area contributed by atoms with E-state index in [4.69, 9.17) is 11.6 Å². The van der Waals surface area contributed by atoms with Crippen LogP contribution in [0.1, 0.15) is 15.9 Å². The van der Waals surface area contributed by atoms with Gasteiger partial charge in [0.2, 0.25) is 5.95 Å². The van der Waals surface area contributed by atoms with E-state index >= 15 is 0 Å². The lowest BCUT2D eigenvalue weighted by molar-refractivity contribution is -0.137. The largest absolute Gasteiger partial charge is 0.421 e. The maximum absolute atomic E-state index is 13.1. The van der Waals surface area contributed by atoms with Crippen LogP contribution < -0.4 is 10.6 Å². The first-order chi connectivity index (χ1) is 15.6. The van der Waals surface area contributed by atoms with Crippen LogP contribution in [0.15, 0.2) is 24.5 Å². The molecule has 0 bridgehead atoms. The number of benzene rings is 1. The summed E-state index contributed by atoms with van der Waals surface area (Å²) in [6.07, 6.45) is -2.11. The number of rotatable bonds is 4. The van der Waals surface area contributed by atoms with E-state index in [0.717, 1.165) is 18.6 Å². The lowest BCUT2D eigenvalue weighted by Gasteiger charge is -2.32. The highest BCUT2D eigenvalue weighted by Crippen LogP contribution is 2.36. The molecule has 8 nitrogen and oxygen atoms in total. The Morgan fingerprint density at radius 3 is 2.48 bits per heavy atom. The van der Waals surface area contributed by atoms with Crippen LogP contribution in [0.4, 0.5) is 30.6 Å². The molecule has 3 aromatic rings. The van der Waals surface area contributed by atoms with Gasteiger partial charge in [-0.1, -0.05) is 11.6 Å². The second kappa shape index (κ2) is 8.71. The number of carbonyl (C=O) groups is 1. The normalized spacial score (nSPS) is 15.2. The van der Waals surface area contributed by atoms with Gasteiger partial charge in [-0.15, -0.1) is 0 Å². The van der Waals surface area contributed by atoms with Gasteiger partial charge in [-0.3, -0.25) is 4.79 Å². The standard InChI is InChI=1S/C21H23ClF3N7O/c1-26-18-14(21(23,24)25)10-27-20(29-18)28-16-9-17-12(8-15(16)22)13(11-31(17)3)19(33)32-6-4-30(2)5-7-32/h8-11H,4-7H2,1-3H3,(H2,26,27,28,29). The third-order valence-electron chi connectivity index (χ3n) is 5.68. The Balaban J connectivity index is 1.65. The third-order valence-corrected chi connectivity index (χ3v) is 5.99. The lowest BCUT2D eigenvalue weighted by Crippen LogP contribution is -2.47. The summed E-state index contributed by atoms with van der Waals surface area (Å²) in [6.45, 7) is 2.93. The monoisotopic (exact) mass is 481 g/mol. The van der Waals surface area contributed by atoms with E-state index < -0.39 is 11.7 Å². The quantitative estimate of drug-likeness (QED) is 0.590. The highest BCUT2D eigenvalue weighted by molar-refractivity contribution is 6.34. The van der Waals surface area contributed by atoms with Crippen LogP contribution in [-0.4, -0.2) is 70.5 Å². The van der Waals surface area contributed by atoms with Crippen molar-refractivity contribution in [2.45, 2.75) is 6.18 Å². The van der Waals surface area contributed by atoms with Gasteiger partial charge in [0.1, 0.15) is 11.4 Å². The van der Waals surface area contributed by atoms with Gasteiger partial charge in [0, 0.05) is 58.1 Å². The summed E-state index contributed by atoms with van der Waals surface area (Å²) in [5.74, 6) is -0.456. The third kappa shape index (κ3) is 4.55. The van der Waals surface area contributed by atoms with Gasteiger partial charge in [0.05, 0.1) is 21.8 Å². The van der Waals surface area contributed by atoms with E-state index in [-0.39, 0.29) is 22.7 Å². The maximum atomic E-state index is 13.1. The fraction of sp³-hybridized carbons (Fsp3) is 0.381. The molecule has 1 saturated heterocycles. The molecule has 1 amide bonds. The van der Waals surface area contributed by atoms with Gasteiger partial charge in [0.25, 0.3) is 5.91 Å².